The molecule has 0 atom stereocenters. The molecule has 100 valence electrons. The Morgan fingerprint density at radius 3 is 2.63 bits per heavy atom. The van der Waals surface area contributed by atoms with Crippen LogP contribution >= 0.6 is 0 Å². The Morgan fingerprint density at radius 2 is 2.05 bits per heavy atom. The number of nitrogens with zero attached hydrogens (tertiary/aromatic N) is 2. The monoisotopic (exact) mass is 258 g/mol. The first-order valence-corrected chi connectivity index (χ1v) is 6.29. The highest BCUT2D eigenvalue weighted by Gasteiger charge is 2.14. The molecule has 0 saturated heterocycles. The van der Waals surface area contributed by atoms with E-state index in [1.165, 1.54) is 0 Å². The van der Waals surface area contributed by atoms with Gasteiger partial charge in [0.05, 0.1) is 6.10 Å². The number of rotatable bonds is 4. The molecule has 0 radical (unpaired) electrons. The van der Waals surface area contributed by atoms with Gasteiger partial charge in [-0.25, -0.2) is 0 Å². The van der Waals surface area contributed by atoms with Crippen molar-refractivity contribution in [2.24, 2.45) is 7.05 Å². The minimum absolute atomic E-state index is 0.0853. The molecule has 0 bridgehead atoms. The van der Waals surface area contributed by atoms with Gasteiger partial charge >= 0.3 is 0 Å². The number of aromatic nitrogens is 2. The largest absolute Gasteiger partial charge is 0.491 e. The van der Waals surface area contributed by atoms with Gasteiger partial charge in [0.1, 0.15) is 11.4 Å². The van der Waals surface area contributed by atoms with Crippen LogP contribution in [0.25, 0.3) is 0 Å². The molecule has 4 heteroatoms. The number of ether oxygens (including phenoxy) is 1. The predicted molar refractivity (Wildman–Crippen MR) is 73.6 cm³/mol. The molecule has 0 unspecified atom stereocenters. The number of hydrogen-bond donors (Lipinski definition) is 0. The second kappa shape index (κ2) is 5.26. The molecule has 0 fully saturated rings. The average Bonchev–Trinajstić information content (AvgIpc) is 2.68. The number of carbonyl (C=O) groups excluding carboxylic acids is 1. The number of hydrogen-bond acceptors (Lipinski definition) is 3. The Morgan fingerprint density at radius 1 is 1.32 bits per heavy atom. The fourth-order valence-corrected chi connectivity index (χ4v) is 1.80. The van der Waals surface area contributed by atoms with Gasteiger partial charge in [0.15, 0.2) is 0 Å². The van der Waals surface area contributed by atoms with Gasteiger partial charge in [-0.15, -0.1) is 0 Å². The summed E-state index contributed by atoms with van der Waals surface area (Å²) in [6.45, 7) is 5.83. The SMILES string of the molecule is Cc1cc(C(=O)c2cccc(OC(C)C)c2)nn1C. The summed E-state index contributed by atoms with van der Waals surface area (Å²) in [4.78, 5) is 12.3. The normalized spacial score (nSPS) is 10.8. The molecule has 2 aromatic rings. The minimum atomic E-state index is -0.0853. The van der Waals surface area contributed by atoms with Crippen LogP contribution in [0.15, 0.2) is 30.3 Å². The van der Waals surface area contributed by atoms with Crippen LogP contribution < -0.4 is 4.74 Å². The van der Waals surface area contributed by atoms with Crippen molar-refractivity contribution in [1.82, 2.24) is 9.78 Å². The van der Waals surface area contributed by atoms with Crippen molar-refractivity contribution >= 4 is 5.78 Å². The molecule has 19 heavy (non-hydrogen) atoms. The first-order valence-electron chi connectivity index (χ1n) is 6.29. The summed E-state index contributed by atoms with van der Waals surface area (Å²) in [7, 11) is 1.82. The molecule has 0 aliphatic carbocycles. The second-order valence-electron chi connectivity index (χ2n) is 4.82. The van der Waals surface area contributed by atoms with Crippen molar-refractivity contribution in [1.29, 1.82) is 0 Å². The first kappa shape index (κ1) is 13.3. The van der Waals surface area contributed by atoms with Gasteiger partial charge in [-0.3, -0.25) is 9.48 Å². The van der Waals surface area contributed by atoms with E-state index in [-0.39, 0.29) is 11.9 Å². The Kier molecular flexibility index (Phi) is 3.69. The van der Waals surface area contributed by atoms with Crippen molar-refractivity contribution < 1.29 is 9.53 Å². The zero-order valence-electron chi connectivity index (χ0n) is 11.7. The summed E-state index contributed by atoms with van der Waals surface area (Å²) in [6.07, 6.45) is 0.0856. The van der Waals surface area contributed by atoms with Gasteiger partial charge in [-0.1, -0.05) is 12.1 Å². The lowest BCUT2D eigenvalue weighted by Crippen LogP contribution is -2.07. The summed E-state index contributed by atoms with van der Waals surface area (Å²) in [6, 6.07) is 8.99. The highest BCUT2D eigenvalue weighted by atomic mass is 16.5. The Hall–Kier alpha value is -2.10. The van der Waals surface area contributed by atoms with Crippen molar-refractivity contribution in [2.45, 2.75) is 26.9 Å². The van der Waals surface area contributed by atoms with Crippen LogP contribution in [0.3, 0.4) is 0 Å². The Balaban J connectivity index is 2.28. The van der Waals surface area contributed by atoms with Crippen LogP contribution in [0.5, 0.6) is 5.75 Å². The van der Waals surface area contributed by atoms with E-state index in [0.717, 1.165) is 5.69 Å². The molecular weight excluding hydrogens is 240 g/mol. The minimum Gasteiger partial charge on any atom is -0.491 e. The fourth-order valence-electron chi connectivity index (χ4n) is 1.80. The standard InChI is InChI=1S/C15H18N2O2/c1-10(2)19-13-7-5-6-12(9-13)15(18)14-8-11(3)17(4)16-14/h5-10H,1-4H3. The van der Waals surface area contributed by atoms with Gasteiger partial charge in [0, 0.05) is 18.3 Å². The molecule has 0 aliphatic heterocycles. The summed E-state index contributed by atoms with van der Waals surface area (Å²) >= 11 is 0. The molecule has 0 N–H and O–H groups in total. The third kappa shape index (κ3) is 3.02. The summed E-state index contributed by atoms with van der Waals surface area (Å²) < 4.78 is 7.29. The lowest BCUT2D eigenvalue weighted by molar-refractivity contribution is 0.103. The van der Waals surface area contributed by atoms with E-state index >= 15 is 0 Å². The van der Waals surface area contributed by atoms with Crippen molar-refractivity contribution in [3.8, 4) is 5.75 Å². The number of carbonyl (C=O) groups is 1. The van der Waals surface area contributed by atoms with Crippen molar-refractivity contribution in [3.05, 3.63) is 47.3 Å². The maximum atomic E-state index is 12.3. The summed E-state index contributed by atoms with van der Waals surface area (Å²) in [5, 5.41) is 4.20. The van der Waals surface area contributed by atoms with Crippen LogP contribution in [-0.2, 0) is 7.05 Å². The van der Waals surface area contributed by atoms with Crippen LogP contribution in [-0.4, -0.2) is 21.7 Å². The summed E-state index contributed by atoms with van der Waals surface area (Å²) in [5.74, 6) is 0.617. The van der Waals surface area contributed by atoms with Gasteiger partial charge < -0.3 is 4.74 Å². The highest BCUT2D eigenvalue weighted by molar-refractivity contribution is 6.07. The van der Waals surface area contributed by atoms with E-state index in [1.807, 2.05) is 40.0 Å². The van der Waals surface area contributed by atoms with E-state index in [9.17, 15) is 4.79 Å². The average molecular weight is 258 g/mol. The van der Waals surface area contributed by atoms with Gasteiger partial charge in [-0.05, 0) is 39.0 Å². The molecule has 1 aromatic heterocycles. The third-order valence-corrected chi connectivity index (χ3v) is 2.81. The molecule has 0 spiro atoms. The van der Waals surface area contributed by atoms with Gasteiger partial charge in [0.25, 0.3) is 0 Å². The second-order valence-corrected chi connectivity index (χ2v) is 4.82. The summed E-state index contributed by atoms with van der Waals surface area (Å²) in [5.41, 5.74) is 2.01. The quantitative estimate of drug-likeness (QED) is 0.792. The molecule has 1 aromatic carbocycles. The number of benzene rings is 1. The molecule has 0 amide bonds. The van der Waals surface area contributed by atoms with Crippen LogP contribution in [0.1, 0.15) is 35.6 Å². The molecular formula is C15H18N2O2. The molecule has 0 saturated carbocycles. The van der Waals surface area contributed by atoms with E-state index in [4.69, 9.17) is 4.74 Å². The first-order chi connectivity index (χ1) is 8.97. The predicted octanol–water partition coefficient (Wildman–Crippen LogP) is 2.75. The smallest absolute Gasteiger partial charge is 0.213 e. The fraction of sp³-hybridized carbons (Fsp3) is 0.333. The van der Waals surface area contributed by atoms with Gasteiger partial charge in [0.2, 0.25) is 5.78 Å². The highest BCUT2D eigenvalue weighted by Crippen LogP contribution is 2.17. The maximum absolute atomic E-state index is 12.3. The Labute approximate surface area is 113 Å². The van der Waals surface area contributed by atoms with E-state index < -0.39 is 0 Å². The van der Waals surface area contributed by atoms with Crippen molar-refractivity contribution in [2.75, 3.05) is 0 Å². The number of ketones is 1. The maximum Gasteiger partial charge on any atom is 0.213 e. The zero-order valence-corrected chi connectivity index (χ0v) is 11.7. The molecule has 1 heterocycles. The molecule has 4 nitrogen and oxygen atoms in total. The van der Waals surface area contributed by atoms with Crippen LogP contribution in [0, 0.1) is 6.92 Å². The van der Waals surface area contributed by atoms with E-state index in [0.29, 0.717) is 17.0 Å². The van der Waals surface area contributed by atoms with E-state index in [2.05, 4.69) is 5.10 Å². The lowest BCUT2D eigenvalue weighted by atomic mass is 10.1. The zero-order chi connectivity index (χ0) is 14.0. The van der Waals surface area contributed by atoms with Crippen LogP contribution in [0.4, 0.5) is 0 Å². The van der Waals surface area contributed by atoms with Crippen LogP contribution in [0.2, 0.25) is 0 Å². The molecule has 0 aliphatic rings. The third-order valence-electron chi connectivity index (χ3n) is 2.81. The van der Waals surface area contributed by atoms with Crippen molar-refractivity contribution in [3.63, 3.8) is 0 Å². The van der Waals surface area contributed by atoms with Gasteiger partial charge in [-0.2, -0.15) is 5.10 Å². The molecule has 2 rings (SSSR count). The topological polar surface area (TPSA) is 44.1 Å². The lowest BCUT2D eigenvalue weighted by Gasteiger charge is -2.10. The Bertz CT molecular complexity index is 580. The van der Waals surface area contributed by atoms with E-state index in [1.54, 1.807) is 22.9 Å². The number of aryl methyl sites for hydroxylation is 2.